The van der Waals surface area contributed by atoms with Crippen molar-refractivity contribution in [2.45, 2.75) is 26.8 Å². The van der Waals surface area contributed by atoms with Gasteiger partial charge in [0, 0.05) is 24.3 Å². The Hall–Kier alpha value is -2.81. The van der Waals surface area contributed by atoms with Gasteiger partial charge < -0.3 is 9.67 Å². The van der Waals surface area contributed by atoms with Crippen LogP contribution < -0.4 is 0 Å². The summed E-state index contributed by atoms with van der Waals surface area (Å²) >= 11 is 0. The van der Waals surface area contributed by atoms with Crippen LogP contribution in [0.15, 0.2) is 66.4 Å². The fourth-order valence-electron chi connectivity index (χ4n) is 2.97. The number of rotatable bonds is 5. The van der Waals surface area contributed by atoms with Crippen molar-refractivity contribution < 1.29 is 9.90 Å². The second-order valence-electron chi connectivity index (χ2n) is 6.33. The summed E-state index contributed by atoms with van der Waals surface area (Å²) in [6.45, 7) is 4.79. The van der Waals surface area contributed by atoms with Gasteiger partial charge in [-0.2, -0.15) is 0 Å². The van der Waals surface area contributed by atoms with Gasteiger partial charge in [0.25, 0.3) is 0 Å². The number of aryl methyl sites for hydroxylation is 1. The number of aliphatic carboxylic acids is 1. The molecule has 3 nitrogen and oxygen atoms in total. The SMILES string of the molecule is CC(=CC(=O)O)Cc1ccc2c(ccn2Cc2ccc(C)cc2)c1. The molecule has 0 aliphatic rings. The van der Waals surface area contributed by atoms with E-state index in [9.17, 15) is 4.79 Å². The molecule has 0 atom stereocenters. The third kappa shape index (κ3) is 3.74. The van der Waals surface area contributed by atoms with Gasteiger partial charge in [-0.25, -0.2) is 4.79 Å². The number of allylic oxidation sites excluding steroid dienone is 1. The predicted molar refractivity (Wildman–Crippen MR) is 97.3 cm³/mol. The van der Waals surface area contributed by atoms with E-state index >= 15 is 0 Å². The molecule has 1 heterocycles. The highest BCUT2D eigenvalue weighted by Crippen LogP contribution is 2.21. The van der Waals surface area contributed by atoms with Crippen LogP contribution in [0.5, 0.6) is 0 Å². The van der Waals surface area contributed by atoms with E-state index in [1.807, 2.05) is 6.92 Å². The molecule has 0 unspecified atom stereocenters. The van der Waals surface area contributed by atoms with Gasteiger partial charge in [-0.3, -0.25) is 0 Å². The van der Waals surface area contributed by atoms with Crippen molar-refractivity contribution in [3.63, 3.8) is 0 Å². The van der Waals surface area contributed by atoms with E-state index in [0.29, 0.717) is 6.42 Å². The molecular weight excluding hydrogens is 298 g/mol. The van der Waals surface area contributed by atoms with E-state index < -0.39 is 5.97 Å². The van der Waals surface area contributed by atoms with Crippen molar-refractivity contribution in [2.24, 2.45) is 0 Å². The maximum atomic E-state index is 10.7. The molecule has 1 N–H and O–H groups in total. The van der Waals surface area contributed by atoms with Crippen molar-refractivity contribution in [1.29, 1.82) is 0 Å². The molecule has 122 valence electrons. The highest BCUT2D eigenvalue weighted by atomic mass is 16.4. The lowest BCUT2D eigenvalue weighted by Gasteiger charge is -2.07. The van der Waals surface area contributed by atoms with Crippen LogP contribution in [0.2, 0.25) is 0 Å². The van der Waals surface area contributed by atoms with E-state index in [2.05, 4.69) is 66.2 Å². The van der Waals surface area contributed by atoms with Crippen molar-refractivity contribution in [2.75, 3.05) is 0 Å². The summed E-state index contributed by atoms with van der Waals surface area (Å²) in [4.78, 5) is 10.7. The van der Waals surface area contributed by atoms with Crippen molar-refractivity contribution in [3.8, 4) is 0 Å². The predicted octanol–water partition coefficient (Wildman–Crippen LogP) is 4.57. The molecule has 24 heavy (non-hydrogen) atoms. The third-order valence-electron chi connectivity index (χ3n) is 4.16. The minimum atomic E-state index is -0.891. The summed E-state index contributed by atoms with van der Waals surface area (Å²) in [5.41, 5.74) is 5.72. The molecule has 0 spiro atoms. The summed E-state index contributed by atoms with van der Waals surface area (Å²) in [6, 6.07) is 17.0. The van der Waals surface area contributed by atoms with E-state index in [1.165, 1.54) is 28.1 Å². The molecule has 1 aromatic heterocycles. The molecule has 2 aromatic carbocycles. The maximum absolute atomic E-state index is 10.7. The minimum Gasteiger partial charge on any atom is -0.478 e. The Balaban J connectivity index is 1.83. The van der Waals surface area contributed by atoms with Crippen LogP contribution in [0.3, 0.4) is 0 Å². The van der Waals surface area contributed by atoms with Gasteiger partial charge in [-0.05, 0) is 55.0 Å². The van der Waals surface area contributed by atoms with E-state index in [4.69, 9.17) is 5.11 Å². The zero-order valence-corrected chi connectivity index (χ0v) is 14.0. The van der Waals surface area contributed by atoms with Crippen LogP contribution in [0, 0.1) is 6.92 Å². The molecule has 0 saturated carbocycles. The largest absolute Gasteiger partial charge is 0.478 e. The first-order valence-electron chi connectivity index (χ1n) is 8.05. The average molecular weight is 319 g/mol. The Morgan fingerprint density at radius 3 is 2.50 bits per heavy atom. The lowest BCUT2D eigenvalue weighted by Crippen LogP contribution is -1.98. The molecule has 0 fully saturated rings. The Labute approximate surface area is 141 Å². The fourth-order valence-corrected chi connectivity index (χ4v) is 2.97. The zero-order valence-electron chi connectivity index (χ0n) is 14.0. The normalized spacial score (nSPS) is 11.8. The van der Waals surface area contributed by atoms with Gasteiger partial charge in [0.2, 0.25) is 0 Å². The number of aromatic nitrogens is 1. The van der Waals surface area contributed by atoms with Crippen LogP contribution in [0.25, 0.3) is 10.9 Å². The van der Waals surface area contributed by atoms with Crippen LogP contribution in [0.4, 0.5) is 0 Å². The third-order valence-corrected chi connectivity index (χ3v) is 4.16. The van der Waals surface area contributed by atoms with Gasteiger partial charge in [0.1, 0.15) is 0 Å². The van der Waals surface area contributed by atoms with Crippen LogP contribution in [-0.4, -0.2) is 15.6 Å². The molecular formula is C21H21NO2. The van der Waals surface area contributed by atoms with Crippen LogP contribution >= 0.6 is 0 Å². The number of carboxylic acids is 1. The molecule has 3 heteroatoms. The quantitative estimate of drug-likeness (QED) is 0.700. The smallest absolute Gasteiger partial charge is 0.328 e. The van der Waals surface area contributed by atoms with Gasteiger partial charge in [0.15, 0.2) is 0 Å². The Morgan fingerprint density at radius 1 is 1.08 bits per heavy atom. The van der Waals surface area contributed by atoms with E-state index in [1.54, 1.807) is 0 Å². The summed E-state index contributed by atoms with van der Waals surface area (Å²) < 4.78 is 2.24. The van der Waals surface area contributed by atoms with Crippen molar-refractivity contribution >= 4 is 16.9 Å². The van der Waals surface area contributed by atoms with Gasteiger partial charge in [-0.15, -0.1) is 0 Å². The lowest BCUT2D eigenvalue weighted by molar-refractivity contribution is -0.131. The molecule has 0 radical (unpaired) electrons. The second kappa shape index (κ2) is 6.75. The molecule has 0 saturated heterocycles. The standard InChI is InChI=1S/C21H21NO2/c1-15-3-5-17(6-4-15)14-22-10-9-19-13-18(7-8-20(19)22)11-16(2)12-21(23)24/h3-10,12-13H,11,14H2,1-2H3,(H,23,24). The molecule has 0 aliphatic carbocycles. The maximum Gasteiger partial charge on any atom is 0.328 e. The van der Waals surface area contributed by atoms with E-state index in [0.717, 1.165) is 17.7 Å². The number of hydrogen-bond donors (Lipinski definition) is 1. The Kier molecular flexibility index (Phi) is 4.52. The number of hydrogen-bond acceptors (Lipinski definition) is 1. The first-order chi connectivity index (χ1) is 11.5. The Bertz CT molecular complexity index is 901. The van der Waals surface area contributed by atoms with Gasteiger partial charge in [0.05, 0.1) is 0 Å². The Morgan fingerprint density at radius 2 is 1.79 bits per heavy atom. The lowest BCUT2D eigenvalue weighted by atomic mass is 10.0. The highest BCUT2D eigenvalue weighted by Gasteiger charge is 2.04. The summed E-state index contributed by atoms with van der Waals surface area (Å²) in [6.07, 6.45) is 4.03. The monoisotopic (exact) mass is 319 g/mol. The second-order valence-corrected chi connectivity index (χ2v) is 6.33. The summed E-state index contributed by atoms with van der Waals surface area (Å²) in [5, 5.41) is 10.00. The van der Waals surface area contributed by atoms with Crippen molar-refractivity contribution in [1.82, 2.24) is 4.57 Å². The molecule has 3 aromatic rings. The van der Waals surface area contributed by atoms with Crippen molar-refractivity contribution in [3.05, 3.63) is 83.1 Å². The van der Waals surface area contributed by atoms with Gasteiger partial charge >= 0.3 is 5.97 Å². The number of nitrogens with zero attached hydrogens (tertiary/aromatic N) is 1. The molecule has 0 amide bonds. The van der Waals surface area contributed by atoms with E-state index in [-0.39, 0.29) is 0 Å². The average Bonchev–Trinajstić information content (AvgIpc) is 2.91. The minimum absolute atomic E-state index is 0.658. The highest BCUT2D eigenvalue weighted by molar-refractivity contribution is 5.82. The fraction of sp³-hybridized carbons (Fsp3) is 0.190. The summed E-state index contributed by atoms with van der Waals surface area (Å²) in [7, 11) is 0. The first kappa shape index (κ1) is 16.1. The first-order valence-corrected chi connectivity index (χ1v) is 8.05. The summed E-state index contributed by atoms with van der Waals surface area (Å²) in [5.74, 6) is -0.891. The van der Waals surface area contributed by atoms with Gasteiger partial charge in [-0.1, -0.05) is 41.5 Å². The number of benzene rings is 2. The molecule has 0 aliphatic heterocycles. The number of carboxylic acid groups (broad SMARTS) is 1. The number of carbonyl (C=O) groups is 1. The number of fused-ring (bicyclic) bond motifs is 1. The molecule has 0 bridgehead atoms. The zero-order chi connectivity index (χ0) is 17.1. The molecule has 3 rings (SSSR count). The van der Waals surface area contributed by atoms with Crippen LogP contribution in [0.1, 0.15) is 23.6 Å². The van der Waals surface area contributed by atoms with Crippen LogP contribution in [-0.2, 0) is 17.8 Å². The topological polar surface area (TPSA) is 42.2 Å².